The number of hydrazone groups is 1. The van der Waals surface area contributed by atoms with Crippen molar-refractivity contribution in [2.45, 2.75) is 0 Å². The van der Waals surface area contributed by atoms with E-state index in [9.17, 15) is 24.5 Å². The molecule has 0 aliphatic rings. The van der Waals surface area contributed by atoms with Gasteiger partial charge in [0.05, 0.1) is 32.5 Å². The summed E-state index contributed by atoms with van der Waals surface area (Å²) >= 11 is 0. The predicted molar refractivity (Wildman–Crippen MR) is 170 cm³/mol. The molecule has 4 rings (SSSR count). The Morgan fingerprint density at radius 3 is 2.13 bits per heavy atom. The number of benzene rings is 4. The number of nitrogens with zero attached hydrogens (tertiary/aromatic N) is 2. The molecule has 2 amide bonds. The predicted octanol–water partition coefficient (Wildman–Crippen LogP) is 5.26. The van der Waals surface area contributed by atoms with E-state index in [-0.39, 0.29) is 22.6 Å². The van der Waals surface area contributed by atoms with Crippen LogP contribution in [0.4, 0.5) is 11.4 Å². The third-order valence-corrected chi connectivity index (χ3v) is 6.32. The number of anilines is 1. The van der Waals surface area contributed by atoms with Gasteiger partial charge in [-0.05, 0) is 66.2 Å². The minimum absolute atomic E-state index is 0.0630. The average molecular weight is 625 g/mol. The highest BCUT2D eigenvalue weighted by atomic mass is 16.6. The van der Waals surface area contributed by atoms with Crippen LogP contribution in [0.15, 0.2) is 96.1 Å². The molecule has 0 saturated carbocycles. The van der Waals surface area contributed by atoms with Crippen molar-refractivity contribution in [1.82, 2.24) is 5.43 Å². The average Bonchev–Trinajstić information content (AvgIpc) is 3.07. The van der Waals surface area contributed by atoms with Crippen LogP contribution in [0, 0.1) is 10.1 Å². The Morgan fingerprint density at radius 2 is 1.48 bits per heavy atom. The van der Waals surface area contributed by atoms with Gasteiger partial charge in [0.2, 0.25) is 5.75 Å². The van der Waals surface area contributed by atoms with Crippen molar-refractivity contribution >= 4 is 41.4 Å². The molecule has 2 N–H and O–H groups in total. The van der Waals surface area contributed by atoms with E-state index in [2.05, 4.69) is 15.8 Å². The van der Waals surface area contributed by atoms with Crippen LogP contribution in [0.5, 0.6) is 23.0 Å². The highest BCUT2D eigenvalue weighted by Gasteiger charge is 2.17. The lowest BCUT2D eigenvalue weighted by Crippen LogP contribution is -2.18. The van der Waals surface area contributed by atoms with E-state index < -0.39 is 22.7 Å². The Bertz CT molecular complexity index is 1790. The van der Waals surface area contributed by atoms with Crippen LogP contribution in [-0.2, 0) is 4.79 Å². The zero-order valence-corrected chi connectivity index (χ0v) is 24.9. The Balaban J connectivity index is 1.38. The van der Waals surface area contributed by atoms with Gasteiger partial charge in [0.25, 0.3) is 17.5 Å². The van der Waals surface area contributed by atoms with Crippen molar-refractivity contribution in [1.29, 1.82) is 0 Å². The second kappa shape index (κ2) is 15.3. The SMILES string of the molecule is COc1cc(C(=O)Nc2cccc(C(=O)NN=Cc3ccccc3OC(=O)/C=C/c3ccc([N+](=O)[O-])cc3)c2)cc(OC)c1OC. The molecule has 0 atom stereocenters. The highest BCUT2D eigenvalue weighted by molar-refractivity contribution is 6.06. The molecule has 0 aliphatic carbocycles. The molecule has 4 aromatic carbocycles. The Kier molecular flexibility index (Phi) is 10.8. The molecule has 234 valence electrons. The minimum Gasteiger partial charge on any atom is -0.493 e. The lowest BCUT2D eigenvalue weighted by atomic mass is 10.1. The van der Waals surface area contributed by atoms with Gasteiger partial charge < -0.3 is 24.3 Å². The second-order valence-electron chi connectivity index (χ2n) is 9.29. The van der Waals surface area contributed by atoms with Crippen molar-refractivity contribution in [3.05, 3.63) is 123 Å². The molecule has 0 heterocycles. The number of esters is 1. The lowest BCUT2D eigenvalue weighted by Gasteiger charge is -2.14. The van der Waals surface area contributed by atoms with E-state index in [4.69, 9.17) is 18.9 Å². The van der Waals surface area contributed by atoms with E-state index in [1.54, 1.807) is 42.5 Å². The van der Waals surface area contributed by atoms with E-state index in [1.165, 1.54) is 82.2 Å². The summed E-state index contributed by atoms with van der Waals surface area (Å²) in [7, 11) is 4.35. The molecule has 13 nitrogen and oxygen atoms in total. The molecule has 0 saturated heterocycles. The van der Waals surface area contributed by atoms with Gasteiger partial charge >= 0.3 is 5.97 Å². The molecule has 0 radical (unpaired) electrons. The van der Waals surface area contributed by atoms with E-state index >= 15 is 0 Å². The Morgan fingerprint density at radius 1 is 0.783 bits per heavy atom. The van der Waals surface area contributed by atoms with Gasteiger partial charge in [-0.15, -0.1) is 0 Å². The number of hydrogen-bond acceptors (Lipinski definition) is 10. The minimum atomic E-state index is -0.686. The number of nitrogens with one attached hydrogen (secondary N) is 2. The largest absolute Gasteiger partial charge is 0.493 e. The maximum Gasteiger partial charge on any atom is 0.336 e. The van der Waals surface area contributed by atoms with Crippen LogP contribution in [-0.4, -0.2) is 50.3 Å². The molecule has 0 aliphatic heterocycles. The Hall–Kier alpha value is -6.50. The number of non-ortho nitro benzene ring substituents is 1. The van der Waals surface area contributed by atoms with Gasteiger partial charge in [-0.3, -0.25) is 19.7 Å². The smallest absolute Gasteiger partial charge is 0.336 e. The molecular weight excluding hydrogens is 596 g/mol. The standard InChI is InChI=1S/C33H28N4O9/c1-43-28-18-24(19-29(44-2)31(28)45-3)32(39)35-25-9-6-8-22(17-25)33(40)36-34-20-23-7-4-5-10-27(23)46-30(38)16-13-21-11-14-26(15-12-21)37(41)42/h4-20H,1-3H3,(H,35,39)(H,36,40)/b16-13+,34-20?. The van der Waals surface area contributed by atoms with Gasteiger partial charge in [-0.25, -0.2) is 10.2 Å². The first kappa shape index (κ1) is 32.4. The summed E-state index contributed by atoms with van der Waals surface area (Å²) in [6, 6.07) is 21.5. The number of nitro groups is 1. The zero-order chi connectivity index (χ0) is 33.1. The number of carbonyl (C=O) groups excluding carboxylic acids is 3. The summed E-state index contributed by atoms with van der Waals surface area (Å²) in [4.78, 5) is 48.4. The first-order valence-corrected chi connectivity index (χ1v) is 13.5. The maximum absolute atomic E-state index is 13.0. The summed E-state index contributed by atoms with van der Waals surface area (Å²) in [6.07, 6.45) is 3.96. The topological polar surface area (TPSA) is 168 Å². The van der Waals surface area contributed by atoms with Crippen LogP contribution in [0.3, 0.4) is 0 Å². The molecule has 46 heavy (non-hydrogen) atoms. The van der Waals surface area contributed by atoms with Crippen molar-refractivity contribution in [2.75, 3.05) is 26.6 Å². The highest BCUT2D eigenvalue weighted by Crippen LogP contribution is 2.38. The summed E-state index contributed by atoms with van der Waals surface area (Å²) in [5.41, 5.74) is 4.15. The van der Waals surface area contributed by atoms with Crippen molar-refractivity contribution in [2.24, 2.45) is 5.10 Å². The summed E-state index contributed by atoms with van der Waals surface area (Å²) in [5.74, 6) is -0.549. The van der Waals surface area contributed by atoms with E-state index in [0.29, 0.717) is 34.1 Å². The first-order valence-electron chi connectivity index (χ1n) is 13.5. The van der Waals surface area contributed by atoms with Crippen LogP contribution in [0.1, 0.15) is 31.8 Å². The second-order valence-corrected chi connectivity index (χ2v) is 9.29. The Labute approximate surface area is 263 Å². The first-order chi connectivity index (χ1) is 22.2. The number of carbonyl (C=O) groups is 3. The number of ether oxygens (including phenoxy) is 4. The number of nitro benzene ring substituents is 1. The van der Waals surface area contributed by atoms with Crippen LogP contribution >= 0.6 is 0 Å². The lowest BCUT2D eigenvalue weighted by molar-refractivity contribution is -0.384. The van der Waals surface area contributed by atoms with Gasteiger partial charge in [0, 0.05) is 40.6 Å². The van der Waals surface area contributed by atoms with E-state index in [0.717, 1.165) is 0 Å². The fraction of sp³-hybridized carbons (Fsp3) is 0.0909. The summed E-state index contributed by atoms with van der Waals surface area (Å²) < 4.78 is 21.3. The molecule has 0 unspecified atom stereocenters. The number of hydrogen-bond donors (Lipinski definition) is 2. The van der Waals surface area contributed by atoms with Crippen LogP contribution in [0.2, 0.25) is 0 Å². The number of amides is 2. The quantitative estimate of drug-likeness (QED) is 0.0534. The maximum atomic E-state index is 13.0. The molecule has 13 heteroatoms. The number of rotatable bonds is 12. The molecular formula is C33H28N4O9. The van der Waals surface area contributed by atoms with Crippen LogP contribution < -0.4 is 29.7 Å². The van der Waals surface area contributed by atoms with Gasteiger partial charge in [0.15, 0.2) is 11.5 Å². The summed E-state index contributed by atoms with van der Waals surface area (Å²) in [6.45, 7) is 0. The van der Waals surface area contributed by atoms with Crippen LogP contribution in [0.25, 0.3) is 6.08 Å². The number of methoxy groups -OCH3 is 3. The van der Waals surface area contributed by atoms with Crippen molar-refractivity contribution in [3.63, 3.8) is 0 Å². The number of para-hydroxylation sites is 1. The molecule has 0 spiro atoms. The van der Waals surface area contributed by atoms with E-state index in [1.807, 2.05) is 0 Å². The monoisotopic (exact) mass is 624 g/mol. The third kappa shape index (κ3) is 8.32. The fourth-order valence-corrected chi connectivity index (χ4v) is 4.07. The normalized spacial score (nSPS) is 10.8. The molecule has 0 bridgehead atoms. The zero-order valence-electron chi connectivity index (χ0n) is 24.9. The molecule has 0 fully saturated rings. The fourth-order valence-electron chi connectivity index (χ4n) is 4.07. The molecule has 0 aromatic heterocycles. The van der Waals surface area contributed by atoms with Gasteiger partial charge in [-0.1, -0.05) is 18.2 Å². The summed E-state index contributed by atoms with van der Waals surface area (Å²) in [5, 5.41) is 17.5. The molecule has 4 aromatic rings. The van der Waals surface area contributed by atoms with Gasteiger partial charge in [-0.2, -0.15) is 5.10 Å². The van der Waals surface area contributed by atoms with Crippen molar-refractivity contribution in [3.8, 4) is 23.0 Å². The van der Waals surface area contributed by atoms with Crippen molar-refractivity contribution < 1.29 is 38.3 Å². The third-order valence-electron chi connectivity index (χ3n) is 6.32. The van der Waals surface area contributed by atoms with Gasteiger partial charge in [0.1, 0.15) is 5.75 Å².